The van der Waals surface area contributed by atoms with E-state index >= 15 is 0 Å². The smallest absolute Gasteiger partial charge is 0.249 e. The van der Waals surface area contributed by atoms with Gasteiger partial charge in [0.15, 0.2) is 5.57 Å². The number of hydrogen-bond acceptors (Lipinski definition) is 3. The van der Waals surface area contributed by atoms with Gasteiger partial charge in [0, 0.05) is 11.9 Å². The number of hydrogen-bond donors (Lipinski definition) is 0. The van der Waals surface area contributed by atoms with Gasteiger partial charge in [0.2, 0.25) is 0 Å². The Bertz CT molecular complexity index is 1200. The van der Waals surface area contributed by atoms with E-state index < -0.39 is 57.3 Å². The summed E-state index contributed by atoms with van der Waals surface area (Å²) in [4.78, 5) is 23.8. The van der Waals surface area contributed by atoms with Crippen LogP contribution in [0.2, 0.25) is 0 Å². The summed E-state index contributed by atoms with van der Waals surface area (Å²) < 4.78 is 95.4. The van der Waals surface area contributed by atoms with Gasteiger partial charge in [-0.05, 0) is 24.6 Å². The van der Waals surface area contributed by atoms with Crippen molar-refractivity contribution < 1.29 is 30.6 Å². The summed E-state index contributed by atoms with van der Waals surface area (Å²) >= 11 is 0. The highest BCUT2D eigenvalue weighted by Gasteiger charge is 2.55. The molecule has 30 heavy (non-hydrogen) atoms. The molecule has 6 nitrogen and oxygen atoms in total. The number of aromatic nitrogens is 3. The predicted octanol–water partition coefficient (Wildman–Crippen LogP) is 2.78. The fourth-order valence-electron chi connectivity index (χ4n) is 3.09. The third-order valence-electron chi connectivity index (χ3n) is 4.37. The largest absolute Gasteiger partial charge is 0.423 e. The third-order valence-corrected chi connectivity index (χ3v) is 5.98. The van der Waals surface area contributed by atoms with Crippen molar-refractivity contribution in [3.05, 3.63) is 67.4 Å². The van der Waals surface area contributed by atoms with E-state index in [4.69, 9.17) is 0 Å². The summed E-state index contributed by atoms with van der Waals surface area (Å²) in [6.07, 6.45) is -11.9. The molecule has 0 saturated carbocycles. The molecule has 0 bridgehead atoms. The summed E-state index contributed by atoms with van der Waals surface area (Å²) in [5.41, 5.74) is -7.38. The minimum atomic E-state index is -5.95. The summed E-state index contributed by atoms with van der Waals surface area (Å²) in [6.45, 7) is 0.656. The van der Waals surface area contributed by atoms with Crippen LogP contribution in [0.3, 0.4) is 0 Å². The lowest BCUT2D eigenvalue weighted by Crippen LogP contribution is -2.38. The van der Waals surface area contributed by atoms with Crippen molar-refractivity contribution in [1.29, 1.82) is 0 Å². The molecule has 13 heteroatoms. The third kappa shape index (κ3) is 3.46. The molecule has 1 unspecified atom stereocenters. The molecular weight excluding hydrogens is 440 g/mol. The van der Waals surface area contributed by atoms with Gasteiger partial charge >= 0.3 is 23.7 Å². The van der Waals surface area contributed by atoms with Crippen molar-refractivity contribution in [3.63, 3.8) is 0 Å². The van der Waals surface area contributed by atoms with Crippen molar-refractivity contribution in [3.8, 4) is 0 Å². The Balaban J connectivity index is 2.52. The summed E-state index contributed by atoms with van der Waals surface area (Å²) in [5.74, 6) is 0. The van der Waals surface area contributed by atoms with Crippen molar-refractivity contribution in [2.24, 2.45) is 7.05 Å². The molecule has 0 fully saturated rings. The van der Waals surface area contributed by atoms with Gasteiger partial charge in [-0.2, -0.15) is 31.0 Å². The zero-order chi connectivity index (χ0) is 22.6. The molecule has 0 saturated heterocycles. The molecule has 1 atom stereocenters. The molecule has 162 valence electrons. The van der Waals surface area contributed by atoms with Crippen LogP contribution >= 0.6 is 0 Å². The molecule has 2 heterocycles. The molecule has 0 N–H and O–H groups in total. The molecule has 0 radical (unpaired) electrons. The molecule has 0 spiro atoms. The maximum atomic E-state index is 13.6. The molecular formula is C17H13F6N3O3S. The first kappa shape index (κ1) is 21.9. The number of halogens is 6. The molecule has 3 rings (SSSR count). The molecule has 2 aromatic rings. The highest BCUT2D eigenvalue weighted by Crippen LogP contribution is 2.45. The SMILES string of the molecule is CC1=C(S(=O)c2ccccc2)C(=C(C(F)(F)F)C(F)(F)F)n2c(=O)n(C)c(=O)n2C1. The Morgan fingerprint density at radius 3 is 2.00 bits per heavy atom. The van der Waals surface area contributed by atoms with Gasteiger partial charge in [0.05, 0.1) is 22.2 Å². The molecule has 0 aliphatic carbocycles. The van der Waals surface area contributed by atoms with Gasteiger partial charge in [0.1, 0.15) is 5.70 Å². The number of allylic oxidation sites excluding steroid dienone is 3. The van der Waals surface area contributed by atoms with E-state index in [9.17, 15) is 40.1 Å². The molecule has 1 aliphatic rings. The van der Waals surface area contributed by atoms with Crippen LogP contribution < -0.4 is 11.4 Å². The quantitative estimate of drug-likeness (QED) is 0.657. The fourth-order valence-corrected chi connectivity index (χ4v) is 4.48. The van der Waals surface area contributed by atoms with Crippen LogP contribution in [0.15, 0.2) is 60.9 Å². The maximum absolute atomic E-state index is 13.6. The van der Waals surface area contributed by atoms with Crippen LogP contribution in [0, 0.1) is 0 Å². The van der Waals surface area contributed by atoms with E-state index in [0.29, 0.717) is 9.25 Å². The highest BCUT2D eigenvalue weighted by atomic mass is 32.2. The van der Waals surface area contributed by atoms with Crippen LogP contribution in [0.4, 0.5) is 26.3 Å². The minimum Gasteiger partial charge on any atom is -0.249 e. The van der Waals surface area contributed by atoms with E-state index in [1.165, 1.54) is 30.3 Å². The van der Waals surface area contributed by atoms with E-state index in [1.54, 1.807) is 0 Å². The lowest BCUT2D eigenvalue weighted by Gasteiger charge is -2.27. The Morgan fingerprint density at radius 2 is 1.50 bits per heavy atom. The van der Waals surface area contributed by atoms with Crippen LogP contribution in [-0.4, -0.2) is 30.5 Å². The first-order valence-corrected chi connectivity index (χ1v) is 9.36. The average molecular weight is 453 g/mol. The van der Waals surface area contributed by atoms with Gasteiger partial charge in [-0.3, -0.25) is 0 Å². The zero-order valence-electron chi connectivity index (χ0n) is 15.3. The fraction of sp³-hybridized carbons (Fsp3) is 0.294. The van der Waals surface area contributed by atoms with E-state index in [1.807, 2.05) is 0 Å². The van der Waals surface area contributed by atoms with Gasteiger partial charge in [0.25, 0.3) is 0 Å². The topological polar surface area (TPSA) is 66.0 Å². The lowest BCUT2D eigenvalue weighted by molar-refractivity contribution is -0.171. The van der Waals surface area contributed by atoms with E-state index in [-0.39, 0.29) is 15.2 Å². The monoisotopic (exact) mass is 453 g/mol. The second kappa shape index (κ2) is 7.15. The summed E-state index contributed by atoms with van der Waals surface area (Å²) in [5, 5.41) is 0. The maximum Gasteiger partial charge on any atom is 0.423 e. The van der Waals surface area contributed by atoms with Crippen molar-refractivity contribution in [2.75, 3.05) is 0 Å². The number of nitrogens with zero attached hydrogens (tertiary/aromatic N) is 3. The first-order valence-electron chi connectivity index (χ1n) is 8.21. The Morgan fingerprint density at radius 1 is 0.967 bits per heavy atom. The van der Waals surface area contributed by atoms with Crippen LogP contribution in [0.25, 0.3) is 5.70 Å². The Kier molecular flexibility index (Phi) is 5.21. The Labute approximate surface area is 166 Å². The summed E-state index contributed by atoms with van der Waals surface area (Å²) in [6, 6.07) is 6.88. The highest BCUT2D eigenvalue weighted by molar-refractivity contribution is 7.89. The number of rotatable bonds is 2. The predicted molar refractivity (Wildman–Crippen MR) is 94.8 cm³/mol. The first-order chi connectivity index (χ1) is 13.8. The molecule has 0 amide bonds. The molecule has 1 aromatic heterocycles. The van der Waals surface area contributed by atoms with Gasteiger partial charge in [-0.1, -0.05) is 18.2 Å². The normalized spacial score (nSPS) is 15.9. The number of fused-ring (bicyclic) bond motifs is 1. The number of alkyl halides is 6. The van der Waals surface area contributed by atoms with Crippen molar-refractivity contribution in [2.45, 2.75) is 30.7 Å². The molecule has 1 aliphatic heterocycles. The second-order valence-electron chi connectivity index (χ2n) is 6.40. The van der Waals surface area contributed by atoms with Gasteiger partial charge < -0.3 is 0 Å². The second-order valence-corrected chi connectivity index (χ2v) is 7.82. The average Bonchev–Trinajstić information content (AvgIpc) is 2.84. The zero-order valence-corrected chi connectivity index (χ0v) is 16.2. The number of benzene rings is 1. The van der Waals surface area contributed by atoms with Crippen LogP contribution in [-0.2, 0) is 24.4 Å². The Hall–Kier alpha value is -2.83. The van der Waals surface area contributed by atoms with Crippen molar-refractivity contribution >= 4 is 16.5 Å². The standard InChI is InChI=1S/C17H13F6N3O3S/c1-9-8-25-14(27)24(2)15(28)26(25)11(13(16(18,19)20)17(21,22)23)12(9)30(29)10-6-4-3-5-7-10/h3-7H,8H2,1-2H3. The minimum absolute atomic E-state index is 0.00181. The van der Waals surface area contributed by atoms with Gasteiger partial charge in [-0.25, -0.2) is 23.0 Å². The van der Waals surface area contributed by atoms with E-state index in [0.717, 1.165) is 14.0 Å². The van der Waals surface area contributed by atoms with Crippen molar-refractivity contribution in [1.82, 2.24) is 13.9 Å². The lowest BCUT2D eigenvalue weighted by atomic mass is 10.1. The van der Waals surface area contributed by atoms with Crippen LogP contribution in [0.5, 0.6) is 0 Å². The molecule has 1 aromatic carbocycles. The van der Waals surface area contributed by atoms with E-state index in [2.05, 4.69) is 0 Å². The van der Waals surface area contributed by atoms with Gasteiger partial charge in [-0.15, -0.1) is 0 Å². The van der Waals surface area contributed by atoms with Crippen LogP contribution in [0.1, 0.15) is 6.92 Å². The summed E-state index contributed by atoms with van der Waals surface area (Å²) in [7, 11) is -1.57.